The van der Waals surface area contributed by atoms with Gasteiger partial charge in [-0.3, -0.25) is 14.9 Å². The maximum atomic E-state index is 11.1. The standard InChI is InChI=1S/C13H18N2O4/c1-4-14(10(3)8-13(16)17)12-7-9(2)5-6-11(12)15(18)19/h5-7,10H,4,8H2,1-3H3,(H,16,17). The molecule has 1 atom stereocenters. The fourth-order valence-corrected chi connectivity index (χ4v) is 2.10. The van der Waals surface area contributed by atoms with Gasteiger partial charge in [0.05, 0.1) is 11.3 Å². The molecule has 0 fully saturated rings. The molecule has 104 valence electrons. The van der Waals surface area contributed by atoms with E-state index in [1.165, 1.54) is 6.07 Å². The van der Waals surface area contributed by atoms with Crippen LogP contribution in [0, 0.1) is 17.0 Å². The van der Waals surface area contributed by atoms with Crippen LogP contribution in [0.25, 0.3) is 0 Å². The third-order valence-corrected chi connectivity index (χ3v) is 2.98. The molecule has 0 aliphatic heterocycles. The Morgan fingerprint density at radius 2 is 2.16 bits per heavy atom. The number of aliphatic carboxylic acids is 1. The number of carboxylic acid groups (broad SMARTS) is 1. The number of nitrogens with zero attached hydrogens (tertiary/aromatic N) is 2. The topological polar surface area (TPSA) is 83.7 Å². The van der Waals surface area contributed by atoms with Crippen LogP contribution in [-0.2, 0) is 4.79 Å². The Bertz CT molecular complexity index is 488. The Morgan fingerprint density at radius 3 is 2.63 bits per heavy atom. The highest BCUT2D eigenvalue weighted by Gasteiger charge is 2.23. The van der Waals surface area contributed by atoms with Gasteiger partial charge in [0.15, 0.2) is 0 Å². The Kier molecular flexibility index (Phi) is 4.86. The molecule has 6 heteroatoms. The fraction of sp³-hybridized carbons (Fsp3) is 0.462. The van der Waals surface area contributed by atoms with Crippen molar-refractivity contribution in [2.24, 2.45) is 0 Å². The second-order valence-corrected chi connectivity index (χ2v) is 4.48. The molecule has 0 amide bonds. The molecule has 0 bridgehead atoms. The molecule has 0 aliphatic carbocycles. The molecule has 0 heterocycles. The highest BCUT2D eigenvalue weighted by atomic mass is 16.6. The molecule has 6 nitrogen and oxygen atoms in total. The zero-order chi connectivity index (χ0) is 14.6. The van der Waals surface area contributed by atoms with Gasteiger partial charge in [0, 0.05) is 18.7 Å². The molecule has 0 radical (unpaired) electrons. The summed E-state index contributed by atoms with van der Waals surface area (Å²) in [5.41, 5.74) is 1.38. The van der Waals surface area contributed by atoms with Crippen molar-refractivity contribution >= 4 is 17.3 Å². The molecule has 19 heavy (non-hydrogen) atoms. The summed E-state index contributed by atoms with van der Waals surface area (Å²) in [7, 11) is 0. The number of nitro groups is 1. The summed E-state index contributed by atoms with van der Waals surface area (Å²) < 4.78 is 0. The van der Waals surface area contributed by atoms with Crippen LogP contribution < -0.4 is 4.90 Å². The molecule has 0 aromatic heterocycles. The summed E-state index contributed by atoms with van der Waals surface area (Å²) in [4.78, 5) is 23.2. The van der Waals surface area contributed by atoms with Gasteiger partial charge in [-0.1, -0.05) is 6.07 Å². The molecule has 1 aromatic carbocycles. The molecule has 1 N–H and O–H groups in total. The first-order valence-electron chi connectivity index (χ1n) is 6.10. The van der Waals surface area contributed by atoms with Crippen LogP contribution in [0.2, 0.25) is 0 Å². The maximum Gasteiger partial charge on any atom is 0.305 e. The Labute approximate surface area is 111 Å². The van der Waals surface area contributed by atoms with Crippen molar-refractivity contribution in [1.82, 2.24) is 0 Å². The first-order chi connectivity index (χ1) is 8.86. The molecule has 1 aromatic rings. The number of carboxylic acids is 1. The molecule has 0 aliphatic rings. The molecule has 1 rings (SSSR count). The summed E-state index contributed by atoms with van der Waals surface area (Å²) in [5, 5.41) is 19.9. The molecule has 0 saturated carbocycles. The zero-order valence-electron chi connectivity index (χ0n) is 11.3. The van der Waals surface area contributed by atoms with Crippen molar-refractivity contribution < 1.29 is 14.8 Å². The number of hydrogen-bond donors (Lipinski definition) is 1. The lowest BCUT2D eigenvalue weighted by atomic mass is 10.1. The van der Waals surface area contributed by atoms with Crippen molar-refractivity contribution in [3.63, 3.8) is 0 Å². The first kappa shape index (κ1) is 14.9. The van der Waals surface area contributed by atoms with E-state index >= 15 is 0 Å². The van der Waals surface area contributed by atoms with E-state index in [9.17, 15) is 14.9 Å². The minimum atomic E-state index is -0.916. The summed E-state index contributed by atoms with van der Waals surface area (Å²) in [6.07, 6.45) is -0.0566. The SMILES string of the molecule is CCN(c1cc(C)ccc1[N+](=O)[O-])C(C)CC(=O)O. The normalized spacial score (nSPS) is 11.9. The van der Waals surface area contributed by atoms with E-state index in [1.807, 2.05) is 13.8 Å². The zero-order valence-corrected chi connectivity index (χ0v) is 11.3. The minimum absolute atomic E-state index is 0.00434. The summed E-state index contributed by atoms with van der Waals surface area (Å²) >= 11 is 0. The lowest BCUT2D eigenvalue weighted by Crippen LogP contribution is -2.35. The molecule has 1 unspecified atom stereocenters. The first-order valence-corrected chi connectivity index (χ1v) is 6.10. The third kappa shape index (κ3) is 3.67. The highest BCUT2D eigenvalue weighted by Crippen LogP contribution is 2.31. The van der Waals surface area contributed by atoms with Crippen LogP contribution in [0.1, 0.15) is 25.8 Å². The number of benzene rings is 1. The quantitative estimate of drug-likeness (QED) is 0.632. The molecule has 0 saturated heterocycles. The van der Waals surface area contributed by atoms with Gasteiger partial charge in [-0.05, 0) is 32.4 Å². The second kappa shape index (κ2) is 6.17. The minimum Gasteiger partial charge on any atom is -0.481 e. The highest BCUT2D eigenvalue weighted by molar-refractivity contribution is 5.70. The number of anilines is 1. The number of rotatable bonds is 6. The second-order valence-electron chi connectivity index (χ2n) is 4.48. The number of carbonyl (C=O) groups is 1. The Balaban J connectivity index is 3.19. The summed E-state index contributed by atoms with van der Waals surface area (Å²) in [5.74, 6) is -0.916. The fourth-order valence-electron chi connectivity index (χ4n) is 2.10. The predicted molar refractivity (Wildman–Crippen MR) is 72.6 cm³/mol. The lowest BCUT2D eigenvalue weighted by Gasteiger charge is -2.29. The average Bonchev–Trinajstić information content (AvgIpc) is 2.28. The predicted octanol–water partition coefficient (Wildman–Crippen LogP) is 2.59. The van der Waals surface area contributed by atoms with Gasteiger partial charge in [0.25, 0.3) is 5.69 Å². The van der Waals surface area contributed by atoms with Gasteiger partial charge in [0.2, 0.25) is 0 Å². The van der Waals surface area contributed by atoms with E-state index in [4.69, 9.17) is 5.11 Å². The van der Waals surface area contributed by atoms with Gasteiger partial charge >= 0.3 is 5.97 Å². The van der Waals surface area contributed by atoms with E-state index in [1.54, 1.807) is 24.0 Å². The van der Waals surface area contributed by atoms with E-state index in [-0.39, 0.29) is 18.2 Å². The number of hydrogen-bond acceptors (Lipinski definition) is 4. The average molecular weight is 266 g/mol. The molecular formula is C13H18N2O4. The maximum absolute atomic E-state index is 11.1. The van der Waals surface area contributed by atoms with Crippen molar-refractivity contribution in [1.29, 1.82) is 0 Å². The smallest absolute Gasteiger partial charge is 0.305 e. The van der Waals surface area contributed by atoms with Crippen molar-refractivity contribution in [2.75, 3.05) is 11.4 Å². The van der Waals surface area contributed by atoms with Gasteiger partial charge in [-0.25, -0.2) is 0 Å². The van der Waals surface area contributed by atoms with Gasteiger partial charge in [0.1, 0.15) is 5.69 Å². The van der Waals surface area contributed by atoms with Crippen LogP contribution >= 0.6 is 0 Å². The number of nitro benzene ring substituents is 1. The lowest BCUT2D eigenvalue weighted by molar-refractivity contribution is -0.384. The van der Waals surface area contributed by atoms with Gasteiger partial charge < -0.3 is 10.0 Å². The van der Waals surface area contributed by atoms with E-state index in [2.05, 4.69) is 0 Å². The van der Waals surface area contributed by atoms with Crippen molar-refractivity contribution in [3.8, 4) is 0 Å². The Hall–Kier alpha value is -2.11. The largest absolute Gasteiger partial charge is 0.481 e. The van der Waals surface area contributed by atoms with Crippen LogP contribution in [0.4, 0.5) is 11.4 Å². The van der Waals surface area contributed by atoms with Crippen molar-refractivity contribution in [3.05, 3.63) is 33.9 Å². The van der Waals surface area contributed by atoms with E-state index in [0.29, 0.717) is 12.2 Å². The number of aryl methyl sites for hydroxylation is 1. The Morgan fingerprint density at radius 1 is 1.53 bits per heavy atom. The summed E-state index contributed by atoms with van der Waals surface area (Å²) in [6.45, 7) is 5.97. The van der Waals surface area contributed by atoms with Crippen LogP contribution in [-0.4, -0.2) is 28.6 Å². The van der Waals surface area contributed by atoms with Crippen LogP contribution in [0.15, 0.2) is 18.2 Å². The van der Waals surface area contributed by atoms with Crippen LogP contribution in [0.3, 0.4) is 0 Å². The molecular weight excluding hydrogens is 248 g/mol. The van der Waals surface area contributed by atoms with Crippen molar-refractivity contribution in [2.45, 2.75) is 33.2 Å². The summed E-state index contributed by atoms with van der Waals surface area (Å²) in [6, 6.07) is 4.56. The molecule has 0 spiro atoms. The van der Waals surface area contributed by atoms with Gasteiger partial charge in [-0.2, -0.15) is 0 Å². The third-order valence-electron chi connectivity index (χ3n) is 2.98. The van der Waals surface area contributed by atoms with E-state index in [0.717, 1.165) is 5.56 Å². The van der Waals surface area contributed by atoms with Gasteiger partial charge in [-0.15, -0.1) is 0 Å². The van der Waals surface area contributed by atoms with Crippen LogP contribution in [0.5, 0.6) is 0 Å². The monoisotopic (exact) mass is 266 g/mol. The van der Waals surface area contributed by atoms with E-state index < -0.39 is 10.9 Å².